The summed E-state index contributed by atoms with van der Waals surface area (Å²) < 4.78 is 0. The monoisotopic (exact) mass is 321 g/mol. The number of fused-ring (bicyclic) bond motifs is 1. The number of aromatic amines is 2. The lowest BCUT2D eigenvalue weighted by Crippen LogP contribution is -1.81. The Labute approximate surface area is 142 Å². The predicted molar refractivity (Wildman–Crippen MR) is 99.2 cm³/mol. The number of H-pyrrole nitrogens is 2. The molecule has 4 rings (SSSR count). The summed E-state index contributed by atoms with van der Waals surface area (Å²) in [6.45, 7) is 0. The number of hydrogen-bond acceptors (Lipinski definition) is 1. The van der Waals surface area contributed by atoms with E-state index in [1.807, 2.05) is 91.5 Å². The fraction of sp³-hybridized carbons (Fsp3) is 0. The van der Waals surface area contributed by atoms with Crippen molar-refractivity contribution in [2.75, 3.05) is 0 Å². The number of halogens is 1. The molecule has 0 bridgehead atoms. The second-order valence-corrected chi connectivity index (χ2v) is 4.46. The zero-order valence-electron chi connectivity index (χ0n) is 13.1. The molecule has 3 nitrogen and oxygen atoms in total. The van der Waals surface area contributed by atoms with E-state index in [-0.39, 0.29) is 13.1 Å². The van der Waals surface area contributed by atoms with Crippen molar-refractivity contribution in [1.82, 2.24) is 9.97 Å². The van der Waals surface area contributed by atoms with E-state index in [0.717, 1.165) is 22.6 Å². The Morgan fingerprint density at radius 2 is 1.17 bits per heavy atom. The molecule has 24 heavy (non-hydrogen) atoms. The van der Waals surface area contributed by atoms with Gasteiger partial charge in [0.1, 0.15) is 0 Å². The second-order valence-electron chi connectivity index (χ2n) is 4.46. The van der Waals surface area contributed by atoms with Crippen LogP contribution >= 0.6 is 0 Å². The quantitative estimate of drug-likeness (QED) is 0.395. The molecule has 0 aliphatic carbocycles. The van der Waals surface area contributed by atoms with Crippen molar-refractivity contribution in [2.45, 2.75) is 0 Å². The summed E-state index contributed by atoms with van der Waals surface area (Å²) in [5.74, 6) is 0. The highest BCUT2D eigenvalue weighted by Gasteiger charge is 1.96. The first-order valence-corrected chi connectivity index (χ1v) is 7.00. The van der Waals surface area contributed by atoms with Gasteiger partial charge in [0.05, 0.1) is 0 Å². The molecule has 0 atom stereocenters. The molecule has 0 aliphatic rings. The summed E-state index contributed by atoms with van der Waals surface area (Å²) in [5.41, 5.74) is 0.758. The van der Waals surface area contributed by atoms with Crippen LogP contribution in [0, 0.1) is 0 Å². The molecule has 0 aliphatic heterocycles. The fourth-order valence-electron chi connectivity index (χ4n) is 1.91. The van der Waals surface area contributed by atoms with Gasteiger partial charge in [0.25, 0.3) is 0 Å². The highest BCUT2D eigenvalue weighted by molar-refractivity contribution is 5.97. The van der Waals surface area contributed by atoms with Crippen LogP contribution in [0.5, 0.6) is 0 Å². The minimum atomic E-state index is 0. The number of aldehydes is 1. The van der Waals surface area contributed by atoms with Crippen LogP contribution in [-0.4, -0.2) is 24.7 Å². The van der Waals surface area contributed by atoms with Crippen LogP contribution in [0.2, 0.25) is 0 Å². The summed E-state index contributed by atoms with van der Waals surface area (Å²) in [5, 5.41) is 2.14. The number of carbonyl (C=O) groups is 1. The molecule has 0 spiro atoms. The largest absolute Gasteiger partial charge is 0.368 e. The number of rotatable bonds is 1. The molecule has 4 aromatic rings. The lowest BCUT2D eigenvalue weighted by molar-refractivity contribution is 0.112. The molecular formula is C19H19BFN2O. The van der Waals surface area contributed by atoms with Crippen LogP contribution in [0.4, 0.5) is 4.70 Å². The average molecular weight is 321 g/mol. The van der Waals surface area contributed by atoms with Crippen molar-refractivity contribution in [1.29, 1.82) is 0 Å². The van der Waals surface area contributed by atoms with Crippen LogP contribution in [0.3, 0.4) is 0 Å². The van der Waals surface area contributed by atoms with Crippen LogP contribution < -0.4 is 0 Å². The molecule has 0 amide bonds. The van der Waals surface area contributed by atoms with E-state index in [9.17, 15) is 4.79 Å². The zero-order chi connectivity index (χ0) is 15.5. The van der Waals surface area contributed by atoms with Crippen LogP contribution in [0.25, 0.3) is 10.8 Å². The molecule has 0 saturated carbocycles. The standard InChI is InChI=1S/C11H8O.2C4H5N.B.FH/c12-8-10-6-3-5-9-4-1-2-7-11(9)10;2*1-2-4-5-3-1;;/h1-8H;2*1-5H;;1H. The maximum absolute atomic E-state index is 10.6. The molecule has 3 radical (unpaired) electrons. The summed E-state index contributed by atoms with van der Waals surface area (Å²) >= 11 is 0. The molecule has 5 heteroatoms. The van der Waals surface area contributed by atoms with Crippen molar-refractivity contribution in [3.05, 3.63) is 97.1 Å². The Bertz CT molecular complexity index is 705. The summed E-state index contributed by atoms with van der Waals surface area (Å²) in [4.78, 5) is 16.3. The lowest BCUT2D eigenvalue weighted by atomic mass is 10.1. The Morgan fingerprint density at radius 1 is 0.667 bits per heavy atom. The minimum absolute atomic E-state index is 0. The first-order valence-electron chi connectivity index (χ1n) is 7.00. The third-order valence-corrected chi connectivity index (χ3v) is 2.94. The Balaban J connectivity index is 0.000000370. The third-order valence-electron chi connectivity index (χ3n) is 2.94. The fourth-order valence-corrected chi connectivity index (χ4v) is 1.91. The maximum atomic E-state index is 10.6. The van der Waals surface area contributed by atoms with Gasteiger partial charge < -0.3 is 9.97 Å². The van der Waals surface area contributed by atoms with Gasteiger partial charge >= 0.3 is 0 Å². The molecular weight excluding hydrogens is 302 g/mol. The molecule has 0 fully saturated rings. The van der Waals surface area contributed by atoms with Crippen molar-refractivity contribution in [3.63, 3.8) is 0 Å². The van der Waals surface area contributed by atoms with E-state index in [4.69, 9.17) is 0 Å². The maximum Gasteiger partial charge on any atom is 0.150 e. The molecule has 2 aromatic carbocycles. The van der Waals surface area contributed by atoms with Gasteiger partial charge in [-0.15, -0.1) is 0 Å². The van der Waals surface area contributed by atoms with Gasteiger partial charge in [0.15, 0.2) is 6.29 Å². The highest BCUT2D eigenvalue weighted by atomic mass is 19.0. The van der Waals surface area contributed by atoms with Crippen LogP contribution in [-0.2, 0) is 0 Å². The summed E-state index contributed by atoms with van der Waals surface area (Å²) in [6, 6.07) is 21.4. The molecule has 0 saturated heterocycles. The Hall–Kier alpha value is -3.08. The Kier molecular flexibility index (Phi) is 10.9. The topological polar surface area (TPSA) is 48.6 Å². The van der Waals surface area contributed by atoms with Gasteiger partial charge in [0, 0.05) is 38.8 Å². The molecule has 2 aromatic heterocycles. The SMILES string of the molecule is F.O=Cc1cccc2ccccc12.[B].c1cc[nH]c1.c1cc[nH]c1. The zero-order valence-corrected chi connectivity index (χ0v) is 13.1. The van der Waals surface area contributed by atoms with Crippen molar-refractivity contribution >= 4 is 25.5 Å². The first kappa shape index (κ1) is 20.9. The van der Waals surface area contributed by atoms with Gasteiger partial charge in [-0.25, -0.2) is 0 Å². The van der Waals surface area contributed by atoms with E-state index in [1.165, 1.54) is 0 Å². The highest BCUT2D eigenvalue weighted by Crippen LogP contribution is 2.16. The van der Waals surface area contributed by atoms with E-state index in [0.29, 0.717) is 0 Å². The van der Waals surface area contributed by atoms with E-state index < -0.39 is 0 Å². The van der Waals surface area contributed by atoms with Crippen molar-refractivity contribution in [3.8, 4) is 0 Å². The van der Waals surface area contributed by atoms with Gasteiger partial charge in [-0.05, 0) is 35.0 Å². The van der Waals surface area contributed by atoms with Gasteiger partial charge in [0.2, 0.25) is 0 Å². The van der Waals surface area contributed by atoms with Crippen LogP contribution in [0.15, 0.2) is 91.5 Å². The minimum Gasteiger partial charge on any atom is -0.368 e. The molecule has 121 valence electrons. The lowest BCUT2D eigenvalue weighted by Gasteiger charge is -1.98. The smallest absolute Gasteiger partial charge is 0.150 e. The number of aromatic nitrogens is 2. The van der Waals surface area contributed by atoms with E-state index >= 15 is 0 Å². The van der Waals surface area contributed by atoms with E-state index in [2.05, 4.69) is 9.97 Å². The normalized spacial score (nSPS) is 8.33. The second kappa shape index (κ2) is 12.5. The van der Waals surface area contributed by atoms with Gasteiger partial charge in [-0.1, -0.05) is 42.5 Å². The van der Waals surface area contributed by atoms with Gasteiger partial charge in [-0.3, -0.25) is 9.50 Å². The molecule has 2 N–H and O–H groups in total. The Morgan fingerprint density at radius 3 is 1.62 bits per heavy atom. The number of carbonyl (C=O) groups excluding carboxylic acids is 1. The third kappa shape index (κ3) is 6.79. The first-order chi connectivity index (χ1) is 10.9. The summed E-state index contributed by atoms with van der Waals surface area (Å²) in [6.07, 6.45) is 8.39. The van der Waals surface area contributed by atoms with E-state index in [1.54, 1.807) is 0 Å². The van der Waals surface area contributed by atoms with Crippen molar-refractivity contribution in [2.24, 2.45) is 0 Å². The number of nitrogens with one attached hydrogen (secondary N) is 2. The summed E-state index contributed by atoms with van der Waals surface area (Å²) in [7, 11) is 0. The van der Waals surface area contributed by atoms with Gasteiger partial charge in [-0.2, -0.15) is 0 Å². The van der Waals surface area contributed by atoms with Crippen molar-refractivity contribution < 1.29 is 9.50 Å². The number of benzene rings is 2. The van der Waals surface area contributed by atoms with Crippen LogP contribution in [0.1, 0.15) is 10.4 Å². The molecule has 0 unspecified atom stereocenters. The average Bonchev–Trinajstić information content (AvgIpc) is 3.32. The predicted octanol–water partition coefficient (Wildman–Crippen LogP) is 4.45. The number of hydrogen-bond donors (Lipinski definition) is 2. The molecule has 2 heterocycles.